The summed E-state index contributed by atoms with van der Waals surface area (Å²) >= 11 is 0. The predicted octanol–water partition coefficient (Wildman–Crippen LogP) is 1.90. The van der Waals surface area contributed by atoms with E-state index in [2.05, 4.69) is 25.7 Å². The molecule has 1 aliphatic heterocycles. The maximum absolute atomic E-state index is 5.38. The third kappa shape index (κ3) is 1.99. The largest absolute Gasteiger partial charge is 0.381 e. The van der Waals surface area contributed by atoms with Crippen molar-refractivity contribution in [3.63, 3.8) is 0 Å². The monoisotopic (exact) mass is 171 g/mol. The van der Waals surface area contributed by atoms with Gasteiger partial charge in [0.05, 0.1) is 0 Å². The third-order valence-electron chi connectivity index (χ3n) is 3.10. The molecule has 0 atom stereocenters. The molecule has 0 amide bonds. The maximum Gasteiger partial charge on any atom is 0.0483 e. The van der Waals surface area contributed by atoms with Gasteiger partial charge in [0.15, 0.2) is 0 Å². The Balaban J connectivity index is 2.53. The van der Waals surface area contributed by atoms with Crippen LogP contribution in [0.4, 0.5) is 0 Å². The molecule has 0 aromatic heterocycles. The van der Waals surface area contributed by atoms with E-state index in [9.17, 15) is 0 Å². The highest BCUT2D eigenvalue weighted by Gasteiger charge is 2.31. The minimum atomic E-state index is 0.405. The van der Waals surface area contributed by atoms with Crippen LogP contribution in [0.2, 0.25) is 0 Å². The van der Waals surface area contributed by atoms with E-state index in [4.69, 9.17) is 4.74 Å². The Morgan fingerprint density at radius 2 is 1.67 bits per heavy atom. The van der Waals surface area contributed by atoms with E-state index in [1.807, 2.05) is 0 Å². The van der Waals surface area contributed by atoms with Gasteiger partial charge in [0.1, 0.15) is 0 Å². The zero-order chi connectivity index (χ0) is 9.03. The molecule has 0 spiro atoms. The van der Waals surface area contributed by atoms with Crippen LogP contribution in [0.5, 0.6) is 0 Å². The van der Waals surface area contributed by atoms with E-state index >= 15 is 0 Å². The summed E-state index contributed by atoms with van der Waals surface area (Å²) in [4.78, 5) is 2.55. The van der Waals surface area contributed by atoms with Crippen LogP contribution >= 0.6 is 0 Å². The molecule has 12 heavy (non-hydrogen) atoms. The standard InChI is InChI=1S/C10H21NO/c1-4-11(5-2)10(3)6-8-12-9-7-10/h4-9H2,1-3H3. The van der Waals surface area contributed by atoms with Crippen molar-refractivity contribution in [2.24, 2.45) is 0 Å². The van der Waals surface area contributed by atoms with Crippen molar-refractivity contribution in [2.45, 2.75) is 39.2 Å². The molecule has 0 aromatic rings. The lowest BCUT2D eigenvalue weighted by atomic mass is 9.90. The minimum absolute atomic E-state index is 0.405. The quantitative estimate of drug-likeness (QED) is 0.643. The highest BCUT2D eigenvalue weighted by Crippen LogP contribution is 2.26. The van der Waals surface area contributed by atoms with Crippen molar-refractivity contribution < 1.29 is 4.74 Å². The zero-order valence-electron chi connectivity index (χ0n) is 8.60. The highest BCUT2D eigenvalue weighted by molar-refractivity contribution is 4.87. The molecule has 72 valence electrons. The third-order valence-corrected chi connectivity index (χ3v) is 3.10. The van der Waals surface area contributed by atoms with Crippen LogP contribution in [0, 0.1) is 0 Å². The summed E-state index contributed by atoms with van der Waals surface area (Å²) in [6.07, 6.45) is 2.38. The van der Waals surface area contributed by atoms with Gasteiger partial charge in [-0.15, -0.1) is 0 Å². The Labute approximate surface area is 75.9 Å². The van der Waals surface area contributed by atoms with Crippen LogP contribution in [0.15, 0.2) is 0 Å². The van der Waals surface area contributed by atoms with Crippen LogP contribution < -0.4 is 0 Å². The fraction of sp³-hybridized carbons (Fsp3) is 1.00. The van der Waals surface area contributed by atoms with Crippen LogP contribution in [0.25, 0.3) is 0 Å². The normalized spacial score (nSPS) is 23.0. The first-order valence-corrected chi connectivity index (χ1v) is 5.05. The molecule has 1 saturated heterocycles. The van der Waals surface area contributed by atoms with Crippen molar-refractivity contribution >= 4 is 0 Å². The van der Waals surface area contributed by atoms with Crippen molar-refractivity contribution in [3.8, 4) is 0 Å². The van der Waals surface area contributed by atoms with E-state index in [1.54, 1.807) is 0 Å². The molecular weight excluding hydrogens is 150 g/mol. The Bertz CT molecular complexity index is 126. The van der Waals surface area contributed by atoms with Gasteiger partial charge in [0.25, 0.3) is 0 Å². The maximum atomic E-state index is 5.38. The Morgan fingerprint density at radius 3 is 2.08 bits per heavy atom. The van der Waals surface area contributed by atoms with Crippen LogP contribution in [0.3, 0.4) is 0 Å². The molecule has 0 bridgehead atoms. The summed E-state index contributed by atoms with van der Waals surface area (Å²) < 4.78 is 5.38. The molecule has 0 aliphatic carbocycles. The second-order valence-corrected chi connectivity index (χ2v) is 3.78. The molecule has 0 unspecified atom stereocenters. The van der Waals surface area contributed by atoms with Gasteiger partial charge in [0.2, 0.25) is 0 Å². The van der Waals surface area contributed by atoms with Crippen molar-refractivity contribution in [1.82, 2.24) is 4.90 Å². The summed E-state index contributed by atoms with van der Waals surface area (Å²) in [5, 5.41) is 0. The summed E-state index contributed by atoms with van der Waals surface area (Å²) in [6.45, 7) is 11.0. The molecule has 1 fully saturated rings. The second-order valence-electron chi connectivity index (χ2n) is 3.78. The SMILES string of the molecule is CCN(CC)C1(C)CCOCC1. The predicted molar refractivity (Wildman–Crippen MR) is 51.4 cm³/mol. The first kappa shape index (κ1) is 10.0. The zero-order valence-corrected chi connectivity index (χ0v) is 8.60. The number of rotatable bonds is 3. The van der Waals surface area contributed by atoms with E-state index in [1.165, 1.54) is 12.8 Å². The molecule has 0 radical (unpaired) electrons. The molecule has 2 heteroatoms. The van der Waals surface area contributed by atoms with Crippen molar-refractivity contribution in [3.05, 3.63) is 0 Å². The van der Waals surface area contributed by atoms with Crippen LogP contribution in [0.1, 0.15) is 33.6 Å². The molecule has 0 N–H and O–H groups in total. The number of ether oxygens (including phenoxy) is 1. The molecule has 0 saturated carbocycles. The number of hydrogen-bond acceptors (Lipinski definition) is 2. The molecule has 2 nitrogen and oxygen atoms in total. The molecule has 1 rings (SSSR count). The molecule has 0 aromatic carbocycles. The van der Waals surface area contributed by atoms with Crippen molar-refractivity contribution in [1.29, 1.82) is 0 Å². The van der Waals surface area contributed by atoms with Gasteiger partial charge in [0, 0.05) is 18.8 Å². The fourth-order valence-corrected chi connectivity index (χ4v) is 2.11. The average molecular weight is 171 g/mol. The van der Waals surface area contributed by atoms with Gasteiger partial charge < -0.3 is 4.74 Å². The van der Waals surface area contributed by atoms with Gasteiger partial charge in [-0.2, -0.15) is 0 Å². The lowest BCUT2D eigenvalue weighted by molar-refractivity contribution is -0.0146. The van der Waals surface area contributed by atoms with Gasteiger partial charge in [-0.25, -0.2) is 0 Å². The summed E-state index contributed by atoms with van der Waals surface area (Å²) in [5.41, 5.74) is 0.405. The smallest absolute Gasteiger partial charge is 0.0483 e. The second kappa shape index (κ2) is 4.24. The first-order chi connectivity index (χ1) is 5.73. The van der Waals surface area contributed by atoms with Gasteiger partial charge in [-0.3, -0.25) is 4.90 Å². The summed E-state index contributed by atoms with van der Waals surface area (Å²) in [6, 6.07) is 0. The first-order valence-electron chi connectivity index (χ1n) is 5.05. The molecule has 1 aliphatic rings. The minimum Gasteiger partial charge on any atom is -0.381 e. The van der Waals surface area contributed by atoms with Gasteiger partial charge in [-0.1, -0.05) is 13.8 Å². The van der Waals surface area contributed by atoms with E-state index in [-0.39, 0.29) is 0 Å². The lowest BCUT2D eigenvalue weighted by Crippen LogP contribution is -2.49. The lowest BCUT2D eigenvalue weighted by Gasteiger charge is -2.43. The average Bonchev–Trinajstić information content (AvgIpc) is 2.07. The number of hydrogen-bond donors (Lipinski definition) is 0. The van der Waals surface area contributed by atoms with Gasteiger partial charge >= 0.3 is 0 Å². The highest BCUT2D eigenvalue weighted by atomic mass is 16.5. The fourth-order valence-electron chi connectivity index (χ4n) is 2.11. The van der Waals surface area contributed by atoms with Crippen LogP contribution in [-0.2, 0) is 4.74 Å². The Morgan fingerprint density at radius 1 is 1.17 bits per heavy atom. The van der Waals surface area contributed by atoms with E-state index < -0.39 is 0 Å². The van der Waals surface area contributed by atoms with E-state index in [0.29, 0.717) is 5.54 Å². The van der Waals surface area contributed by atoms with Crippen molar-refractivity contribution in [2.75, 3.05) is 26.3 Å². The Kier molecular flexibility index (Phi) is 3.53. The molecular formula is C10H21NO. The molecule has 1 heterocycles. The Hall–Kier alpha value is -0.0800. The van der Waals surface area contributed by atoms with Gasteiger partial charge in [-0.05, 0) is 32.9 Å². The topological polar surface area (TPSA) is 12.5 Å². The van der Waals surface area contributed by atoms with E-state index in [0.717, 1.165) is 26.3 Å². The summed E-state index contributed by atoms with van der Waals surface area (Å²) in [5.74, 6) is 0. The number of nitrogens with zero attached hydrogens (tertiary/aromatic N) is 1. The van der Waals surface area contributed by atoms with Crippen LogP contribution in [-0.4, -0.2) is 36.7 Å². The summed E-state index contributed by atoms with van der Waals surface area (Å²) in [7, 11) is 0.